The van der Waals surface area contributed by atoms with Gasteiger partial charge < -0.3 is 14.7 Å². The Morgan fingerprint density at radius 2 is 2.00 bits per heavy atom. The maximum atomic E-state index is 12.1. The standard InChI is InChI=1S/C11H19NO3/c1-9(2)12-8(14)10(3,7-13)11(12,4)5-6-15-9/h13H,5-7H2,1-4H3. The zero-order valence-electron chi connectivity index (χ0n) is 9.83. The minimum Gasteiger partial charge on any atom is -0.395 e. The van der Waals surface area contributed by atoms with E-state index in [1.54, 1.807) is 4.90 Å². The van der Waals surface area contributed by atoms with Gasteiger partial charge in [0.1, 0.15) is 5.72 Å². The van der Waals surface area contributed by atoms with Gasteiger partial charge in [0.15, 0.2) is 0 Å². The molecule has 0 radical (unpaired) electrons. The van der Waals surface area contributed by atoms with Gasteiger partial charge in [-0.1, -0.05) is 0 Å². The second-order valence-electron chi connectivity index (χ2n) is 5.45. The Bertz CT molecular complexity index is 315. The lowest BCUT2D eigenvalue weighted by molar-refractivity contribution is -0.284. The highest BCUT2D eigenvalue weighted by molar-refractivity contribution is 5.92. The second kappa shape index (κ2) is 2.74. The van der Waals surface area contributed by atoms with Crippen LogP contribution in [-0.2, 0) is 9.53 Å². The Morgan fingerprint density at radius 1 is 1.40 bits per heavy atom. The van der Waals surface area contributed by atoms with E-state index in [4.69, 9.17) is 4.74 Å². The van der Waals surface area contributed by atoms with E-state index in [1.807, 2.05) is 27.7 Å². The molecule has 2 saturated heterocycles. The van der Waals surface area contributed by atoms with Gasteiger partial charge in [0.2, 0.25) is 5.91 Å². The zero-order valence-corrected chi connectivity index (χ0v) is 9.83. The summed E-state index contributed by atoms with van der Waals surface area (Å²) in [6.07, 6.45) is 0.791. The number of hydrogen-bond acceptors (Lipinski definition) is 3. The monoisotopic (exact) mass is 213 g/mol. The summed E-state index contributed by atoms with van der Waals surface area (Å²) in [7, 11) is 0. The van der Waals surface area contributed by atoms with Gasteiger partial charge in [0, 0.05) is 0 Å². The lowest BCUT2D eigenvalue weighted by atomic mass is 9.59. The first-order valence-electron chi connectivity index (χ1n) is 5.39. The Morgan fingerprint density at radius 3 is 2.53 bits per heavy atom. The fourth-order valence-electron chi connectivity index (χ4n) is 2.92. The van der Waals surface area contributed by atoms with E-state index < -0.39 is 11.1 Å². The highest BCUT2D eigenvalue weighted by Crippen LogP contribution is 2.55. The van der Waals surface area contributed by atoms with Gasteiger partial charge >= 0.3 is 0 Å². The van der Waals surface area contributed by atoms with E-state index in [-0.39, 0.29) is 18.1 Å². The van der Waals surface area contributed by atoms with E-state index in [1.165, 1.54) is 0 Å². The van der Waals surface area contributed by atoms with Crippen LogP contribution in [0.5, 0.6) is 0 Å². The van der Waals surface area contributed by atoms with Crippen LogP contribution in [-0.4, -0.2) is 40.4 Å². The van der Waals surface area contributed by atoms with Crippen LogP contribution in [0.2, 0.25) is 0 Å². The lowest BCUT2D eigenvalue weighted by Crippen LogP contribution is -2.83. The molecule has 2 rings (SSSR count). The molecule has 4 heteroatoms. The lowest BCUT2D eigenvalue weighted by Gasteiger charge is -2.68. The van der Waals surface area contributed by atoms with Crippen molar-refractivity contribution in [2.45, 2.75) is 45.4 Å². The number of rotatable bonds is 1. The molecule has 0 aromatic rings. The summed E-state index contributed by atoms with van der Waals surface area (Å²) >= 11 is 0. The highest BCUT2D eigenvalue weighted by atomic mass is 16.5. The molecule has 0 aromatic carbocycles. The van der Waals surface area contributed by atoms with Crippen molar-refractivity contribution in [3.05, 3.63) is 0 Å². The van der Waals surface area contributed by atoms with E-state index in [9.17, 15) is 9.90 Å². The van der Waals surface area contributed by atoms with Gasteiger partial charge in [-0.2, -0.15) is 0 Å². The first-order valence-corrected chi connectivity index (χ1v) is 5.39. The summed E-state index contributed by atoms with van der Waals surface area (Å²) in [5, 5.41) is 9.40. The van der Waals surface area contributed by atoms with E-state index in [0.717, 1.165) is 6.42 Å². The van der Waals surface area contributed by atoms with Crippen molar-refractivity contribution in [1.82, 2.24) is 4.90 Å². The molecular formula is C11H19NO3. The number of fused-ring (bicyclic) bond motifs is 1. The average Bonchev–Trinajstić information content (AvgIpc) is 2.14. The topological polar surface area (TPSA) is 49.8 Å². The minimum atomic E-state index is -0.631. The number of carbonyl (C=O) groups excluding carboxylic acids is 1. The fraction of sp³-hybridized carbons (Fsp3) is 0.909. The van der Waals surface area contributed by atoms with Gasteiger partial charge in [-0.25, -0.2) is 0 Å². The molecule has 2 atom stereocenters. The molecule has 1 N–H and O–H groups in total. The van der Waals surface area contributed by atoms with Crippen LogP contribution in [0.3, 0.4) is 0 Å². The van der Waals surface area contributed by atoms with Crippen LogP contribution in [0, 0.1) is 5.41 Å². The summed E-state index contributed by atoms with van der Waals surface area (Å²) < 4.78 is 5.60. The van der Waals surface area contributed by atoms with E-state index in [0.29, 0.717) is 6.61 Å². The first-order chi connectivity index (χ1) is 6.79. The maximum Gasteiger partial charge on any atom is 0.235 e. The molecule has 15 heavy (non-hydrogen) atoms. The molecular weight excluding hydrogens is 194 g/mol. The molecule has 0 spiro atoms. The molecule has 4 nitrogen and oxygen atoms in total. The third kappa shape index (κ3) is 1.01. The van der Waals surface area contributed by atoms with Crippen molar-refractivity contribution in [2.75, 3.05) is 13.2 Å². The van der Waals surface area contributed by atoms with Gasteiger partial charge in [-0.3, -0.25) is 4.79 Å². The number of aliphatic hydroxyl groups excluding tert-OH is 1. The van der Waals surface area contributed by atoms with Crippen molar-refractivity contribution in [2.24, 2.45) is 5.41 Å². The van der Waals surface area contributed by atoms with E-state index >= 15 is 0 Å². The highest BCUT2D eigenvalue weighted by Gasteiger charge is 2.70. The van der Waals surface area contributed by atoms with Gasteiger partial charge in [0.25, 0.3) is 0 Å². The van der Waals surface area contributed by atoms with Crippen molar-refractivity contribution >= 4 is 5.91 Å². The Kier molecular flexibility index (Phi) is 1.99. The molecule has 2 unspecified atom stereocenters. The maximum absolute atomic E-state index is 12.1. The number of nitrogens with zero attached hydrogens (tertiary/aromatic N) is 1. The Hall–Kier alpha value is -0.610. The molecule has 1 amide bonds. The van der Waals surface area contributed by atoms with Crippen molar-refractivity contribution in [3.8, 4) is 0 Å². The van der Waals surface area contributed by atoms with Crippen molar-refractivity contribution in [3.63, 3.8) is 0 Å². The number of aliphatic hydroxyl groups is 1. The number of amides is 1. The van der Waals surface area contributed by atoms with Crippen LogP contribution in [0.4, 0.5) is 0 Å². The summed E-state index contributed by atoms with van der Waals surface area (Å²) in [6.45, 7) is 8.23. The summed E-state index contributed by atoms with van der Waals surface area (Å²) in [5.74, 6) is -0.00259. The third-order valence-corrected chi connectivity index (χ3v) is 4.26. The van der Waals surface area contributed by atoms with Crippen LogP contribution in [0.15, 0.2) is 0 Å². The molecule has 0 aliphatic carbocycles. The van der Waals surface area contributed by atoms with Crippen LogP contribution < -0.4 is 0 Å². The number of ether oxygens (including phenoxy) is 1. The molecule has 2 heterocycles. The molecule has 86 valence electrons. The Labute approximate surface area is 90.2 Å². The normalized spacial score (nSPS) is 43.5. The van der Waals surface area contributed by atoms with Crippen molar-refractivity contribution in [1.29, 1.82) is 0 Å². The van der Waals surface area contributed by atoms with Gasteiger partial charge in [-0.05, 0) is 34.1 Å². The quantitative estimate of drug-likeness (QED) is 0.654. The molecule has 2 fully saturated rings. The third-order valence-electron chi connectivity index (χ3n) is 4.26. The largest absolute Gasteiger partial charge is 0.395 e. The van der Waals surface area contributed by atoms with Gasteiger partial charge in [0.05, 0.1) is 24.2 Å². The van der Waals surface area contributed by atoms with E-state index in [2.05, 4.69) is 0 Å². The molecule has 0 aromatic heterocycles. The number of carbonyl (C=O) groups is 1. The summed E-state index contributed by atoms with van der Waals surface area (Å²) in [4.78, 5) is 13.8. The molecule has 0 bridgehead atoms. The van der Waals surface area contributed by atoms with Gasteiger partial charge in [-0.15, -0.1) is 0 Å². The zero-order chi connectivity index (χ0) is 11.5. The fourth-order valence-corrected chi connectivity index (χ4v) is 2.92. The van der Waals surface area contributed by atoms with Crippen LogP contribution >= 0.6 is 0 Å². The average molecular weight is 213 g/mol. The minimum absolute atomic E-state index is 0.00259. The second-order valence-corrected chi connectivity index (χ2v) is 5.45. The molecule has 0 saturated carbocycles. The molecule has 2 aliphatic rings. The predicted molar refractivity (Wildman–Crippen MR) is 55.1 cm³/mol. The van der Waals surface area contributed by atoms with Crippen LogP contribution in [0.1, 0.15) is 34.1 Å². The van der Waals surface area contributed by atoms with Crippen LogP contribution in [0.25, 0.3) is 0 Å². The summed E-state index contributed by atoms with van der Waals surface area (Å²) in [6, 6.07) is 0. The predicted octanol–water partition coefficient (Wildman–Crippen LogP) is 0.742. The number of β-lactam (4-membered cyclic amide) rings is 1. The molecule has 2 aliphatic heterocycles. The summed E-state index contributed by atoms with van der Waals surface area (Å²) in [5.41, 5.74) is -1.44. The number of hydrogen-bond donors (Lipinski definition) is 1. The Balaban J connectivity index is 2.39. The smallest absolute Gasteiger partial charge is 0.235 e. The SMILES string of the molecule is CC1(C)OCCC2(C)N1C(=O)C2(C)CO. The first kappa shape index (κ1) is 10.9. The van der Waals surface area contributed by atoms with Crippen molar-refractivity contribution < 1.29 is 14.6 Å².